The zero-order chi connectivity index (χ0) is 18.2. The van der Waals surface area contributed by atoms with Gasteiger partial charge in [-0.1, -0.05) is 20.8 Å². The van der Waals surface area contributed by atoms with Gasteiger partial charge >= 0.3 is 0 Å². The van der Waals surface area contributed by atoms with Crippen molar-refractivity contribution in [1.29, 1.82) is 0 Å². The van der Waals surface area contributed by atoms with Crippen LogP contribution in [0.1, 0.15) is 40.5 Å². The zero-order valence-electron chi connectivity index (χ0n) is 14.8. The number of ether oxygens (including phenoxy) is 1. The first-order valence-electron chi connectivity index (χ1n) is 8.26. The fourth-order valence-electron chi connectivity index (χ4n) is 1.83. The maximum Gasteiger partial charge on any atom is 0.257 e. The van der Waals surface area contributed by atoms with Crippen molar-refractivity contribution in [3.8, 4) is 5.75 Å². The highest BCUT2D eigenvalue weighted by Crippen LogP contribution is 2.16. The Morgan fingerprint density at radius 3 is 2.33 bits per heavy atom. The molecule has 0 fully saturated rings. The van der Waals surface area contributed by atoms with Crippen LogP contribution in [0.5, 0.6) is 5.75 Å². The highest BCUT2D eigenvalue weighted by atomic mass is 32.2. The molecular formula is C17H28N2O4S. The Kier molecular flexibility index (Phi) is 8.21. The van der Waals surface area contributed by atoms with Crippen LogP contribution in [0.25, 0.3) is 0 Å². The van der Waals surface area contributed by atoms with Gasteiger partial charge in [0.2, 0.25) is 10.0 Å². The predicted molar refractivity (Wildman–Crippen MR) is 94.5 cm³/mol. The Bertz CT molecular complexity index is 612. The number of hydrogen-bond donors (Lipinski definition) is 2. The van der Waals surface area contributed by atoms with E-state index in [0.29, 0.717) is 24.6 Å². The topological polar surface area (TPSA) is 84.5 Å². The standard InChI is InChI=1S/C17H28N2O4S/c1-5-14(4)19-24(21,22)16-8-6-15(7-9-16)23-12-17(20)18-11-10-13(2)3/h6-9,13-14,19H,5,10-12H2,1-4H3,(H,18,20)/t14-/m0/s1. The van der Waals surface area contributed by atoms with Crippen LogP contribution in [-0.4, -0.2) is 33.5 Å². The molecule has 24 heavy (non-hydrogen) atoms. The van der Waals surface area contributed by atoms with Gasteiger partial charge in [0.15, 0.2) is 6.61 Å². The van der Waals surface area contributed by atoms with E-state index in [9.17, 15) is 13.2 Å². The molecule has 6 nitrogen and oxygen atoms in total. The van der Waals surface area contributed by atoms with Crippen LogP contribution in [0.2, 0.25) is 0 Å². The number of amides is 1. The number of carbonyl (C=O) groups is 1. The Labute approximate surface area is 145 Å². The van der Waals surface area contributed by atoms with Gasteiger partial charge in [-0.2, -0.15) is 0 Å². The molecule has 1 amide bonds. The van der Waals surface area contributed by atoms with Crippen LogP contribution < -0.4 is 14.8 Å². The summed E-state index contributed by atoms with van der Waals surface area (Å²) in [6, 6.07) is 5.91. The van der Waals surface area contributed by atoms with Crippen molar-refractivity contribution in [2.45, 2.75) is 51.5 Å². The highest BCUT2D eigenvalue weighted by molar-refractivity contribution is 7.89. The molecule has 0 radical (unpaired) electrons. The van der Waals surface area contributed by atoms with Crippen LogP contribution in [-0.2, 0) is 14.8 Å². The van der Waals surface area contributed by atoms with Crippen molar-refractivity contribution >= 4 is 15.9 Å². The van der Waals surface area contributed by atoms with Gasteiger partial charge in [-0.05, 0) is 49.9 Å². The number of rotatable bonds is 10. The number of benzene rings is 1. The second-order valence-electron chi connectivity index (χ2n) is 6.22. The SMILES string of the molecule is CC[C@H](C)NS(=O)(=O)c1ccc(OCC(=O)NCCC(C)C)cc1. The van der Waals surface area contributed by atoms with E-state index in [-0.39, 0.29) is 23.5 Å². The Morgan fingerprint density at radius 2 is 1.79 bits per heavy atom. The van der Waals surface area contributed by atoms with E-state index in [1.54, 1.807) is 12.1 Å². The Hall–Kier alpha value is -1.60. The first-order chi connectivity index (χ1) is 11.2. The molecule has 0 heterocycles. The zero-order valence-corrected chi connectivity index (χ0v) is 15.7. The Morgan fingerprint density at radius 1 is 1.17 bits per heavy atom. The summed E-state index contributed by atoms with van der Waals surface area (Å²) in [5.41, 5.74) is 0. The lowest BCUT2D eigenvalue weighted by molar-refractivity contribution is -0.123. The van der Waals surface area contributed by atoms with Crippen LogP contribution in [0.3, 0.4) is 0 Å². The Balaban J connectivity index is 2.51. The van der Waals surface area contributed by atoms with E-state index in [2.05, 4.69) is 23.9 Å². The lowest BCUT2D eigenvalue weighted by Gasteiger charge is -2.12. The molecule has 2 N–H and O–H groups in total. The minimum absolute atomic E-state index is 0.0880. The van der Waals surface area contributed by atoms with Crippen molar-refractivity contribution in [3.05, 3.63) is 24.3 Å². The third kappa shape index (κ3) is 7.31. The van der Waals surface area contributed by atoms with Crippen molar-refractivity contribution in [1.82, 2.24) is 10.0 Å². The van der Waals surface area contributed by atoms with Crippen molar-refractivity contribution in [2.75, 3.05) is 13.2 Å². The smallest absolute Gasteiger partial charge is 0.257 e. The molecule has 0 aliphatic heterocycles. The summed E-state index contributed by atoms with van der Waals surface area (Å²) in [4.78, 5) is 11.8. The fourth-order valence-corrected chi connectivity index (χ4v) is 3.16. The number of carbonyl (C=O) groups excluding carboxylic acids is 1. The monoisotopic (exact) mass is 356 g/mol. The van der Waals surface area contributed by atoms with Gasteiger partial charge in [-0.15, -0.1) is 0 Å². The minimum Gasteiger partial charge on any atom is -0.484 e. The first kappa shape index (κ1) is 20.4. The predicted octanol–water partition coefficient (Wildman–Crippen LogP) is 2.30. The molecule has 0 saturated heterocycles. The molecular weight excluding hydrogens is 328 g/mol. The molecule has 0 aliphatic carbocycles. The number of nitrogens with one attached hydrogen (secondary N) is 2. The minimum atomic E-state index is -3.52. The second kappa shape index (κ2) is 9.64. The summed E-state index contributed by atoms with van der Waals surface area (Å²) in [5.74, 6) is 0.798. The van der Waals surface area contributed by atoms with Crippen molar-refractivity contribution in [3.63, 3.8) is 0 Å². The van der Waals surface area contributed by atoms with E-state index in [4.69, 9.17) is 4.74 Å². The van der Waals surface area contributed by atoms with Gasteiger partial charge in [0.25, 0.3) is 5.91 Å². The molecule has 1 rings (SSSR count). The van der Waals surface area contributed by atoms with E-state index in [1.807, 2.05) is 13.8 Å². The van der Waals surface area contributed by atoms with Gasteiger partial charge < -0.3 is 10.1 Å². The van der Waals surface area contributed by atoms with E-state index >= 15 is 0 Å². The first-order valence-corrected chi connectivity index (χ1v) is 9.74. The normalized spacial score (nSPS) is 12.9. The van der Waals surface area contributed by atoms with Crippen molar-refractivity contribution < 1.29 is 17.9 Å². The lowest BCUT2D eigenvalue weighted by atomic mass is 10.1. The second-order valence-corrected chi connectivity index (χ2v) is 7.94. The summed E-state index contributed by atoms with van der Waals surface area (Å²) in [6.07, 6.45) is 1.63. The molecule has 1 aromatic rings. The van der Waals surface area contributed by atoms with E-state index in [0.717, 1.165) is 6.42 Å². The van der Waals surface area contributed by atoms with Crippen LogP contribution in [0, 0.1) is 5.92 Å². The summed E-state index contributed by atoms with van der Waals surface area (Å²) in [7, 11) is -3.52. The molecule has 1 aromatic carbocycles. The molecule has 0 saturated carbocycles. The fraction of sp³-hybridized carbons (Fsp3) is 0.588. The number of hydrogen-bond acceptors (Lipinski definition) is 4. The maximum absolute atomic E-state index is 12.1. The number of sulfonamides is 1. The molecule has 1 atom stereocenters. The van der Waals surface area contributed by atoms with Gasteiger partial charge in [0.1, 0.15) is 5.75 Å². The molecule has 0 unspecified atom stereocenters. The lowest BCUT2D eigenvalue weighted by Crippen LogP contribution is -2.32. The summed E-state index contributed by atoms with van der Waals surface area (Å²) >= 11 is 0. The van der Waals surface area contributed by atoms with Crippen LogP contribution in [0.4, 0.5) is 0 Å². The van der Waals surface area contributed by atoms with Gasteiger partial charge in [-0.3, -0.25) is 4.79 Å². The summed E-state index contributed by atoms with van der Waals surface area (Å²) in [6.45, 7) is 8.44. The third-order valence-electron chi connectivity index (χ3n) is 3.52. The summed E-state index contributed by atoms with van der Waals surface area (Å²) in [5, 5.41) is 2.78. The average molecular weight is 356 g/mol. The highest BCUT2D eigenvalue weighted by Gasteiger charge is 2.16. The molecule has 0 aromatic heterocycles. The van der Waals surface area contributed by atoms with Gasteiger partial charge in [-0.25, -0.2) is 13.1 Å². The van der Waals surface area contributed by atoms with E-state index in [1.165, 1.54) is 12.1 Å². The summed E-state index contributed by atoms with van der Waals surface area (Å²) < 4.78 is 32.2. The average Bonchev–Trinajstić information content (AvgIpc) is 2.52. The molecule has 0 bridgehead atoms. The molecule has 7 heteroatoms. The third-order valence-corrected chi connectivity index (χ3v) is 5.12. The molecule has 0 aliphatic rings. The largest absolute Gasteiger partial charge is 0.484 e. The van der Waals surface area contributed by atoms with E-state index < -0.39 is 10.0 Å². The molecule has 0 spiro atoms. The van der Waals surface area contributed by atoms with Crippen LogP contribution >= 0.6 is 0 Å². The quantitative estimate of drug-likeness (QED) is 0.674. The van der Waals surface area contributed by atoms with Gasteiger partial charge in [0, 0.05) is 12.6 Å². The van der Waals surface area contributed by atoms with Crippen molar-refractivity contribution in [2.24, 2.45) is 5.92 Å². The maximum atomic E-state index is 12.1. The van der Waals surface area contributed by atoms with Gasteiger partial charge in [0.05, 0.1) is 4.90 Å². The van der Waals surface area contributed by atoms with Crippen LogP contribution in [0.15, 0.2) is 29.2 Å². The molecule has 136 valence electrons.